The van der Waals surface area contributed by atoms with Gasteiger partial charge in [-0.15, -0.1) is 23.7 Å². The number of aliphatic carboxylic acids is 1. The van der Waals surface area contributed by atoms with Gasteiger partial charge in [0.05, 0.1) is 16.9 Å². The van der Waals surface area contributed by atoms with E-state index in [0.29, 0.717) is 21.5 Å². The van der Waals surface area contributed by atoms with Crippen LogP contribution in [-0.2, 0) is 11.2 Å². The number of benzene rings is 2. The molecule has 0 saturated heterocycles. The maximum Gasteiger partial charge on any atom is 0.429 e. The summed E-state index contributed by atoms with van der Waals surface area (Å²) in [7, 11) is 0. The number of nitrogens with zero attached hydrogens (tertiary/aromatic N) is 4. The Bertz CT molecular complexity index is 1690. The van der Waals surface area contributed by atoms with Gasteiger partial charge in [0, 0.05) is 27.7 Å². The van der Waals surface area contributed by atoms with E-state index in [9.17, 15) is 18.0 Å². The fourth-order valence-electron chi connectivity index (χ4n) is 4.18. The normalized spacial score (nSPS) is 13.0. The van der Waals surface area contributed by atoms with Crippen molar-refractivity contribution in [2.24, 2.45) is 5.73 Å². The zero-order valence-corrected chi connectivity index (χ0v) is 23.6. The van der Waals surface area contributed by atoms with Crippen molar-refractivity contribution in [3.8, 4) is 22.7 Å². The Kier molecular flexibility index (Phi) is 8.88. The third kappa shape index (κ3) is 6.46. The molecule has 2 unspecified atom stereocenters. The van der Waals surface area contributed by atoms with Crippen molar-refractivity contribution in [2.75, 3.05) is 0 Å². The van der Waals surface area contributed by atoms with Crippen LogP contribution >= 0.6 is 35.3 Å². The predicted octanol–water partition coefficient (Wildman–Crippen LogP) is 6.56. The van der Waals surface area contributed by atoms with Crippen LogP contribution in [0.3, 0.4) is 0 Å². The number of halogens is 5. The Balaban J connectivity index is 0.00000387. The molecule has 14 heteroatoms. The molecule has 0 fully saturated rings. The summed E-state index contributed by atoms with van der Waals surface area (Å²) in [5.74, 6) is -1.31. The fourth-order valence-corrected chi connectivity index (χ4v) is 5.31. The molecule has 5 rings (SSSR count). The van der Waals surface area contributed by atoms with E-state index in [4.69, 9.17) is 27.2 Å². The Morgan fingerprint density at radius 2 is 1.90 bits per heavy atom. The lowest BCUT2D eigenvalue weighted by molar-refractivity contribution is -0.198. The molecule has 214 valence electrons. The van der Waals surface area contributed by atoms with Crippen molar-refractivity contribution in [3.63, 3.8) is 0 Å². The Labute approximate surface area is 247 Å². The third-order valence-electron chi connectivity index (χ3n) is 6.13. The Morgan fingerprint density at radius 3 is 2.54 bits per heavy atom. The van der Waals surface area contributed by atoms with Crippen molar-refractivity contribution in [1.29, 1.82) is 0 Å². The summed E-state index contributed by atoms with van der Waals surface area (Å²) in [4.78, 5) is 19.4. The molecule has 8 nitrogen and oxygen atoms in total. The van der Waals surface area contributed by atoms with Crippen molar-refractivity contribution in [3.05, 3.63) is 88.3 Å². The second-order valence-corrected chi connectivity index (χ2v) is 10.3. The van der Waals surface area contributed by atoms with Crippen LogP contribution in [0.2, 0.25) is 5.02 Å². The first-order chi connectivity index (χ1) is 19.0. The van der Waals surface area contributed by atoms with Crippen molar-refractivity contribution in [1.82, 2.24) is 19.7 Å². The van der Waals surface area contributed by atoms with Gasteiger partial charge in [0.1, 0.15) is 17.1 Å². The van der Waals surface area contributed by atoms with Crippen molar-refractivity contribution >= 4 is 51.5 Å². The first kappa shape index (κ1) is 30.3. The van der Waals surface area contributed by atoms with E-state index in [1.165, 1.54) is 22.9 Å². The molecule has 0 aliphatic carbocycles. The van der Waals surface area contributed by atoms with Crippen LogP contribution in [0.1, 0.15) is 22.9 Å². The van der Waals surface area contributed by atoms with E-state index >= 15 is 0 Å². The van der Waals surface area contributed by atoms with Crippen LogP contribution in [0.5, 0.6) is 5.88 Å². The SMILES string of the molecule is Cc1ccn(-c2cc(Cl)ccc2C(Oc2ncnc3c(-c4ccc(CC(N)C(=O)O)cc4)csc23)C(F)(F)F)n1.Cl. The van der Waals surface area contributed by atoms with Gasteiger partial charge in [-0.1, -0.05) is 41.9 Å². The van der Waals surface area contributed by atoms with Crippen LogP contribution < -0.4 is 10.5 Å². The molecule has 0 spiro atoms. The predicted molar refractivity (Wildman–Crippen MR) is 152 cm³/mol. The summed E-state index contributed by atoms with van der Waals surface area (Å²) in [6, 6.07) is 11.7. The third-order valence-corrected chi connectivity index (χ3v) is 7.32. The molecule has 3 heterocycles. The zero-order valence-electron chi connectivity index (χ0n) is 21.2. The van der Waals surface area contributed by atoms with Gasteiger partial charge in [0.25, 0.3) is 0 Å². The van der Waals surface area contributed by atoms with E-state index in [-0.39, 0.29) is 41.0 Å². The van der Waals surface area contributed by atoms with Crippen molar-refractivity contribution < 1.29 is 27.8 Å². The largest absolute Gasteiger partial charge is 0.480 e. The van der Waals surface area contributed by atoms with E-state index < -0.39 is 24.3 Å². The van der Waals surface area contributed by atoms with Gasteiger partial charge in [0.15, 0.2) is 0 Å². The van der Waals surface area contributed by atoms with Crippen molar-refractivity contribution in [2.45, 2.75) is 31.7 Å². The van der Waals surface area contributed by atoms with Crippen LogP contribution in [-0.4, -0.2) is 43.0 Å². The van der Waals surface area contributed by atoms with E-state index in [0.717, 1.165) is 28.8 Å². The molecule has 5 aromatic rings. The lowest BCUT2D eigenvalue weighted by Crippen LogP contribution is -2.32. The highest BCUT2D eigenvalue weighted by atomic mass is 35.5. The highest BCUT2D eigenvalue weighted by Crippen LogP contribution is 2.43. The summed E-state index contributed by atoms with van der Waals surface area (Å²) >= 11 is 7.28. The van der Waals surface area contributed by atoms with Gasteiger partial charge in [0.2, 0.25) is 12.0 Å². The van der Waals surface area contributed by atoms with E-state index in [1.807, 2.05) is 0 Å². The maximum atomic E-state index is 14.5. The van der Waals surface area contributed by atoms with E-state index in [2.05, 4.69) is 15.1 Å². The number of carboxylic acid groups (broad SMARTS) is 1. The average molecular weight is 624 g/mol. The van der Waals surface area contributed by atoms with Crippen LogP contribution in [0.15, 0.2) is 66.4 Å². The molecule has 0 saturated carbocycles. The molecule has 3 aromatic heterocycles. The summed E-state index contributed by atoms with van der Waals surface area (Å²) < 4.78 is 50.7. The van der Waals surface area contributed by atoms with Gasteiger partial charge >= 0.3 is 12.1 Å². The van der Waals surface area contributed by atoms with Crippen LogP contribution in [0.4, 0.5) is 13.2 Å². The summed E-state index contributed by atoms with van der Waals surface area (Å²) in [5, 5.41) is 15.3. The maximum absolute atomic E-state index is 14.5. The first-order valence-corrected chi connectivity index (χ1v) is 13.1. The zero-order chi connectivity index (χ0) is 28.6. The standard InChI is InChI=1S/C27H21ClF3N5O3S.ClH/c1-14-8-9-36(35-14)21-11-17(28)6-7-18(21)24(27(29,30)31)39-25-23-22(33-13-34-25)19(12-40-23)16-4-2-15(3-5-16)10-20(32)26(37)38;/h2-9,11-13,20,24H,10,32H2,1H3,(H,37,38);1H. The van der Waals surface area contributed by atoms with Crippen LogP contribution in [0, 0.1) is 6.92 Å². The minimum Gasteiger partial charge on any atom is -0.480 e. The van der Waals surface area contributed by atoms with Gasteiger partial charge < -0.3 is 15.6 Å². The highest BCUT2D eigenvalue weighted by molar-refractivity contribution is 7.18. The molecule has 0 bridgehead atoms. The second kappa shape index (κ2) is 12.0. The first-order valence-electron chi connectivity index (χ1n) is 11.9. The number of carbonyl (C=O) groups is 1. The molecular weight excluding hydrogens is 602 g/mol. The summed E-state index contributed by atoms with van der Waals surface area (Å²) in [5.41, 5.74) is 8.75. The molecule has 2 aromatic carbocycles. The number of ether oxygens (including phenoxy) is 1. The number of aryl methyl sites for hydroxylation is 1. The molecule has 0 radical (unpaired) electrons. The summed E-state index contributed by atoms with van der Waals surface area (Å²) in [6.45, 7) is 1.73. The quantitative estimate of drug-likeness (QED) is 0.201. The average Bonchev–Trinajstić information content (AvgIpc) is 3.54. The number of aromatic nitrogens is 4. The van der Waals surface area contributed by atoms with Gasteiger partial charge in [-0.2, -0.15) is 18.3 Å². The van der Waals surface area contributed by atoms with Crippen LogP contribution in [0.25, 0.3) is 27.0 Å². The molecule has 0 aliphatic rings. The number of fused-ring (bicyclic) bond motifs is 1. The number of nitrogens with two attached hydrogens (primary N) is 1. The van der Waals surface area contributed by atoms with Gasteiger partial charge in [-0.3, -0.25) is 4.79 Å². The number of carboxylic acids is 1. The molecule has 3 N–H and O–H groups in total. The number of hydrogen-bond donors (Lipinski definition) is 2. The minimum atomic E-state index is -4.80. The summed E-state index contributed by atoms with van der Waals surface area (Å²) in [6.07, 6.45) is -4.31. The molecular formula is C27H22Cl2F3N5O3S. The number of thiophene rings is 1. The lowest BCUT2D eigenvalue weighted by atomic mass is 10.0. The Morgan fingerprint density at radius 1 is 1.17 bits per heavy atom. The molecule has 2 atom stereocenters. The smallest absolute Gasteiger partial charge is 0.429 e. The fraction of sp³-hybridized carbons (Fsp3) is 0.185. The minimum absolute atomic E-state index is 0. The number of hydrogen-bond acceptors (Lipinski definition) is 7. The molecule has 0 amide bonds. The van der Waals surface area contributed by atoms with E-state index in [1.54, 1.807) is 48.8 Å². The molecule has 41 heavy (non-hydrogen) atoms. The topological polar surface area (TPSA) is 116 Å². The number of rotatable bonds is 8. The molecule has 0 aliphatic heterocycles. The monoisotopic (exact) mass is 623 g/mol. The van der Waals surface area contributed by atoms with Gasteiger partial charge in [-0.25, -0.2) is 14.6 Å². The highest BCUT2D eigenvalue weighted by Gasteiger charge is 2.45. The lowest BCUT2D eigenvalue weighted by Gasteiger charge is -2.24. The second-order valence-electron chi connectivity index (χ2n) is 9.00. The van der Waals surface area contributed by atoms with Gasteiger partial charge in [-0.05, 0) is 42.7 Å². The Hall–Kier alpha value is -3.71. The number of alkyl halides is 3.